The van der Waals surface area contributed by atoms with Crippen molar-refractivity contribution in [3.63, 3.8) is 0 Å². The summed E-state index contributed by atoms with van der Waals surface area (Å²) in [6.45, 7) is 4.58. The molecule has 6 aliphatic rings. The Morgan fingerprint density at radius 3 is 0.421 bits per heavy atom. The molecule has 32 nitrogen and oxygen atoms in total. The number of carbonyl (C=O) groups excluding carboxylic acids is 16. The number of amides is 4. The molecule has 32 heteroatoms. The van der Waals surface area contributed by atoms with Crippen LogP contribution in [0.4, 0.5) is 0 Å². The number of nitrogens with one attached hydrogen (secondary N) is 4. The normalized spacial score (nSPS) is 18.7. The average Bonchev–Trinajstić information content (AvgIpc) is 0.652. The van der Waals surface area contributed by atoms with Crippen molar-refractivity contribution in [2.45, 2.75) is 182 Å². The van der Waals surface area contributed by atoms with Crippen molar-refractivity contribution < 1.29 is 134 Å². The Morgan fingerprint density at radius 2 is 0.316 bits per heavy atom. The summed E-state index contributed by atoms with van der Waals surface area (Å²) in [6, 6.07) is 0. The van der Waals surface area contributed by atoms with E-state index in [1.807, 2.05) is 0 Å². The van der Waals surface area contributed by atoms with Gasteiger partial charge in [0.05, 0.1) is 0 Å². The van der Waals surface area contributed by atoms with Crippen molar-refractivity contribution >= 4 is 95.3 Å². The Morgan fingerprint density at radius 1 is 0.211 bits per heavy atom. The van der Waals surface area contributed by atoms with Crippen LogP contribution in [0, 0.1) is 37.9 Å². The molecule has 0 aromatic heterocycles. The zero-order chi connectivity index (χ0) is 71.0. The number of hydrogen-bond acceptors (Lipinski definition) is 28. The first kappa shape index (κ1) is 75.5. The van der Waals surface area contributed by atoms with Gasteiger partial charge in [0.15, 0.2) is 0 Å². The van der Waals surface area contributed by atoms with E-state index in [0.29, 0.717) is 25.7 Å². The Hall–Kier alpha value is -8.48. The molecule has 6 fully saturated rings. The van der Waals surface area contributed by atoms with Crippen LogP contribution in [-0.2, 0) is 134 Å². The van der Waals surface area contributed by atoms with Crippen LogP contribution in [0.2, 0.25) is 0 Å². The molecule has 0 saturated heterocycles. The summed E-state index contributed by atoms with van der Waals surface area (Å²) in [5.74, 6) is -13.7. The largest absolute Gasteiger partial charge is 0.463 e. The SMILES string of the molecule is CC(=O)OCC(COC(C)=O)(COC(C)=O)NC(=O)C1(C(=O)NC(COC(C)=O)(COC(C)=O)COC(C)=O)CC2(CC3(CC4(C3)CC3(C4)CC4(C3)CC(C(=O)NC(COC(C)=O)(COC(C)=O)COC(C)=O)(C(=O)NC(COC(C)=O)(COC(C)=O)COC(C)=O)C4)C2)C1. The summed E-state index contributed by atoms with van der Waals surface area (Å²) in [5.41, 5.74) is -13.5. The Labute approximate surface area is 547 Å². The van der Waals surface area contributed by atoms with Gasteiger partial charge in [0.25, 0.3) is 0 Å². The standard InChI is InChI=1S/C63H88N4O28/c1-37(68)84-25-58(26-85-38(2)69,27-86-39(3)70)64-49(80)62(50(81)65-59(28-87-40(4)71,29-88-41(5)72)30-89-42(6)73)21-56(22-62)17-54(18-56)13-53(14-54)15-55(16-53)19-57(20-55)23-63(24-57,51(82)66-60(31-90-43(7)74,32-91-44(8)75)33-92-45(9)76)52(83)67-61(34-93-46(10)77,35-94-47(11)78)36-95-48(12)79/h13-36H2,1-12H3,(H,64,80)(H,65,81)(H,66,82)(H,67,83). The summed E-state index contributed by atoms with van der Waals surface area (Å²) < 4.78 is 63.6. The molecule has 5 spiro atoms. The fourth-order valence-corrected chi connectivity index (χ4v) is 16.0. The van der Waals surface area contributed by atoms with Crippen LogP contribution < -0.4 is 21.3 Å². The third-order valence-electron chi connectivity index (χ3n) is 18.6. The van der Waals surface area contributed by atoms with E-state index < -0.39 is 218 Å². The van der Waals surface area contributed by atoms with Gasteiger partial charge in [-0.2, -0.15) is 0 Å². The van der Waals surface area contributed by atoms with Crippen molar-refractivity contribution in [1.29, 1.82) is 0 Å². The van der Waals surface area contributed by atoms with Gasteiger partial charge in [-0.15, -0.1) is 0 Å². The molecule has 4 amide bonds. The maximum atomic E-state index is 15.2. The van der Waals surface area contributed by atoms with Crippen LogP contribution in [0.15, 0.2) is 0 Å². The Balaban J connectivity index is 1.25. The quantitative estimate of drug-likeness (QED) is 0.0412. The molecule has 95 heavy (non-hydrogen) atoms. The smallest absolute Gasteiger partial charge is 0.302 e. The number of esters is 12. The third kappa shape index (κ3) is 18.5. The highest BCUT2D eigenvalue weighted by atomic mass is 16.6. The van der Waals surface area contributed by atoms with Crippen LogP contribution in [0.25, 0.3) is 0 Å². The minimum atomic E-state index is -2.01. The first-order valence-corrected chi connectivity index (χ1v) is 30.9. The average molecular weight is 1350 g/mol. The van der Waals surface area contributed by atoms with Gasteiger partial charge >= 0.3 is 71.6 Å². The lowest BCUT2D eigenvalue weighted by Crippen LogP contribution is -2.76. The molecule has 0 heterocycles. The summed E-state index contributed by atoms with van der Waals surface area (Å²) in [6.07, 6.45) is 5.09. The van der Waals surface area contributed by atoms with Crippen molar-refractivity contribution in [1.82, 2.24) is 21.3 Å². The first-order valence-electron chi connectivity index (χ1n) is 30.9. The van der Waals surface area contributed by atoms with Gasteiger partial charge in [0.2, 0.25) is 23.6 Å². The van der Waals surface area contributed by atoms with Gasteiger partial charge in [0, 0.05) is 83.1 Å². The van der Waals surface area contributed by atoms with E-state index in [4.69, 9.17) is 56.8 Å². The molecule has 0 unspecified atom stereocenters. The first-order chi connectivity index (χ1) is 44.0. The predicted octanol–water partition coefficient (Wildman–Crippen LogP) is 0.831. The Bertz CT molecular complexity index is 2530. The monoisotopic (exact) mass is 1350 g/mol. The molecule has 0 radical (unpaired) electrons. The lowest BCUT2D eigenvalue weighted by Gasteiger charge is -2.80. The molecule has 6 saturated carbocycles. The summed E-state index contributed by atoms with van der Waals surface area (Å²) >= 11 is 0. The molecule has 0 aromatic rings. The Kier molecular flexibility index (Phi) is 22.9. The molecule has 0 aromatic carbocycles. The van der Waals surface area contributed by atoms with Crippen LogP contribution in [0.3, 0.4) is 0 Å². The molecular formula is C63H88N4O28. The second-order valence-electron chi connectivity index (χ2n) is 28.1. The second-order valence-corrected chi connectivity index (χ2v) is 28.1. The maximum Gasteiger partial charge on any atom is 0.302 e. The van der Waals surface area contributed by atoms with Crippen molar-refractivity contribution in [3.8, 4) is 0 Å². The number of ether oxygens (including phenoxy) is 12. The van der Waals surface area contributed by atoms with Crippen molar-refractivity contribution in [3.05, 3.63) is 0 Å². The van der Waals surface area contributed by atoms with E-state index in [9.17, 15) is 57.5 Å². The number of carbonyl (C=O) groups is 16. The third-order valence-corrected chi connectivity index (χ3v) is 18.6. The molecule has 0 bridgehead atoms. The van der Waals surface area contributed by atoms with E-state index >= 15 is 19.2 Å². The minimum Gasteiger partial charge on any atom is -0.463 e. The highest BCUT2D eigenvalue weighted by Crippen LogP contribution is 2.87. The predicted molar refractivity (Wildman–Crippen MR) is 316 cm³/mol. The maximum absolute atomic E-state index is 15.2. The van der Waals surface area contributed by atoms with Gasteiger partial charge in [-0.3, -0.25) is 76.7 Å². The highest BCUT2D eigenvalue weighted by Gasteiger charge is 2.80. The molecule has 528 valence electrons. The minimum absolute atomic E-state index is 0.0892. The molecular weight excluding hydrogens is 1260 g/mol. The zero-order valence-electron chi connectivity index (χ0n) is 55.9. The van der Waals surface area contributed by atoms with E-state index in [0.717, 1.165) is 109 Å². The second kappa shape index (κ2) is 28.8. The van der Waals surface area contributed by atoms with Gasteiger partial charge in [-0.05, 0) is 104 Å². The lowest BCUT2D eigenvalue weighted by atomic mass is 9.24. The highest BCUT2D eigenvalue weighted by molar-refractivity contribution is 6.08. The van der Waals surface area contributed by atoms with E-state index in [1.165, 1.54) is 0 Å². The van der Waals surface area contributed by atoms with Crippen molar-refractivity contribution in [2.75, 3.05) is 79.3 Å². The van der Waals surface area contributed by atoms with Crippen LogP contribution in [-0.4, -0.2) is 197 Å². The van der Waals surface area contributed by atoms with Gasteiger partial charge in [-0.1, -0.05) is 0 Å². The van der Waals surface area contributed by atoms with Crippen molar-refractivity contribution in [2.24, 2.45) is 37.9 Å². The number of rotatable bonds is 32. The van der Waals surface area contributed by atoms with E-state index in [1.54, 1.807) is 0 Å². The zero-order valence-corrected chi connectivity index (χ0v) is 55.9. The van der Waals surface area contributed by atoms with Gasteiger partial charge in [0.1, 0.15) is 112 Å². The van der Waals surface area contributed by atoms with Crippen LogP contribution >= 0.6 is 0 Å². The molecule has 4 N–H and O–H groups in total. The summed E-state index contributed by atoms with van der Waals surface area (Å²) in [4.78, 5) is 208. The van der Waals surface area contributed by atoms with Crippen LogP contribution in [0.5, 0.6) is 0 Å². The van der Waals surface area contributed by atoms with Crippen LogP contribution in [0.1, 0.15) is 160 Å². The summed E-state index contributed by atoms with van der Waals surface area (Å²) in [7, 11) is 0. The molecule has 0 atom stereocenters. The lowest BCUT2D eigenvalue weighted by molar-refractivity contribution is -0.302. The molecule has 6 aliphatic carbocycles. The summed E-state index contributed by atoms with van der Waals surface area (Å²) in [5, 5.41) is 10.9. The molecule has 0 aliphatic heterocycles. The van der Waals surface area contributed by atoms with E-state index in [-0.39, 0.29) is 41.9 Å². The van der Waals surface area contributed by atoms with E-state index in [2.05, 4.69) is 21.3 Å². The topological polar surface area (TPSA) is 432 Å². The fraction of sp³-hybridized carbons (Fsp3) is 0.746. The molecule has 6 rings (SSSR count). The number of hydrogen-bond donors (Lipinski definition) is 4. The van der Waals surface area contributed by atoms with Gasteiger partial charge < -0.3 is 78.1 Å². The fourth-order valence-electron chi connectivity index (χ4n) is 16.0. The van der Waals surface area contributed by atoms with Gasteiger partial charge in [-0.25, -0.2) is 0 Å².